The fraction of sp³-hybridized carbons (Fsp3) is 0.857. The molecule has 0 atom stereocenters. The van der Waals surface area contributed by atoms with E-state index < -0.39 is 0 Å². The highest BCUT2D eigenvalue weighted by molar-refractivity contribution is 5.79. The van der Waals surface area contributed by atoms with Crippen molar-refractivity contribution in [2.75, 3.05) is 52.4 Å². The molecule has 20 heavy (non-hydrogen) atoms. The number of guanidine groups is 1. The molecule has 1 saturated heterocycles. The maximum atomic E-state index is 11.3. The van der Waals surface area contributed by atoms with E-state index in [1.807, 2.05) is 4.90 Å². The average Bonchev–Trinajstić information content (AvgIpc) is 2.45. The fourth-order valence-corrected chi connectivity index (χ4v) is 2.18. The third-order valence-corrected chi connectivity index (χ3v) is 3.38. The van der Waals surface area contributed by atoms with Crippen LogP contribution in [0.4, 0.5) is 0 Å². The summed E-state index contributed by atoms with van der Waals surface area (Å²) < 4.78 is 0. The Balaban J connectivity index is 2.21. The Morgan fingerprint density at radius 3 is 2.40 bits per heavy atom. The molecule has 6 nitrogen and oxygen atoms in total. The molecular weight excluding hydrogens is 254 g/mol. The van der Waals surface area contributed by atoms with E-state index in [9.17, 15) is 4.79 Å². The minimum absolute atomic E-state index is 0.184. The van der Waals surface area contributed by atoms with E-state index in [0.29, 0.717) is 0 Å². The van der Waals surface area contributed by atoms with Gasteiger partial charge in [-0.25, -0.2) is 0 Å². The fourth-order valence-electron chi connectivity index (χ4n) is 2.18. The van der Waals surface area contributed by atoms with Gasteiger partial charge in [0.2, 0.25) is 5.91 Å². The second kappa shape index (κ2) is 9.58. The first-order valence-electron chi connectivity index (χ1n) is 7.67. The SMILES string of the molecule is CCCN=C(NCC)NCCN1CCN(C(C)=O)CC1. The first-order valence-corrected chi connectivity index (χ1v) is 7.67. The molecule has 0 radical (unpaired) electrons. The summed E-state index contributed by atoms with van der Waals surface area (Å²) in [6.45, 7) is 13.1. The zero-order valence-electron chi connectivity index (χ0n) is 13.1. The van der Waals surface area contributed by atoms with Crippen molar-refractivity contribution >= 4 is 11.9 Å². The molecule has 0 bridgehead atoms. The van der Waals surface area contributed by atoms with Crippen LogP contribution in [-0.4, -0.2) is 74.0 Å². The topological polar surface area (TPSA) is 60.0 Å². The standard InChI is InChI=1S/C14H29N5O/c1-4-6-16-14(15-5-2)17-7-8-18-9-11-19(12-10-18)13(3)20/h4-12H2,1-3H3,(H2,15,16,17). The van der Waals surface area contributed by atoms with Crippen LogP contribution in [0.2, 0.25) is 0 Å². The van der Waals surface area contributed by atoms with Crippen LogP contribution in [-0.2, 0) is 4.79 Å². The summed E-state index contributed by atoms with van der Waals surface area (Å²) in [5, 5.41) is 6.60. The highest BCUT2D eigenvalue weighted by Crippen LogP contribution is 2.00. The minimum Gasteiger partial charge on any atom is -0.357 e. The van der Waals surface area contributed by atoms with Crippen molar-refractivity contribution in [2.24, 2.45) is 4.99 Å². The molecular formula is C14H29N5O. The monoisotopic (exact) mass is 283 g/mol. The van der Waals surface area contributed by atoms with Crippen molar-refractivity contribution < 1.29 is 4.79 Å². The molecule has 6 heteroatoms. The van der Waals surface area contributed by atoms with Gasteiger partial charge in [-0.05, 0) is 13.3 Å². The van der Waals surface area contributed by atoms with E-state index in [0.717, 1.165) is 64.7 Å². The van der Waals surface area contributed by atoms with Crippen LogP contribution in [0.25, 0.3) is 0 Å². The lowest BCUT2D eigenvalue weighted by atomic mass is 10.3. The number of hydrogen-bond acceptors (Lipinski definition) is 3. The number of aliphatic imine (C=N–C) groups is 1. The smallest absolute Gasteiger partial charge is 0.219 e. The third-order valence-electron chi connectivity index (χ3n) is 3.38. The Hall–Kier alpha value is -1.30. The molecule has 1 fully saturated rings. The van der Waals surface area contributed by atoms with Crippen LogP contribution in [0, 0.1) is 0 Å². The Morgan fingerprint density at radius 1 is 1.15 bits per heavy atom. The predicted molar refractivity (Wildman–Crippen MR) is 83.0 cm³/mol. The number of piperazine rings is 1. The van der Waals surface area contributed by atoms with Crippen LogP contribution in [0.5, 0.6) is 0 Å². The number of carbonyl (C=O) groups is 1. The van der Waals surface area contributed by atoms with Crippen molar-refractivity contribution in [3.8, 4) is 0 Å². The predicted octanol–water partition coefficient (Wildman–Crippen LogP) is 0.116. The molecule has 0 aromatic heterocycles. The van der Waals surface area contributed by atoms with Gasteiger partial charge in [0.05, 0.1) is 0 Å². The number of carbonyl (C=O) groups excluding carboxylic acids is 1. The van der Waals surface area contributed by atoms with Gasteiger partial charge in [0.1, 0.15) is 0 Å². The van der Waals surface area contributed by atoms with E-state index in [4.69, 9.17) is 0 Å². The van der Waals surface area contributed by atoms with E-state index in [-0.39, 0.29) is 5.91 Å². The summed E-state index contributed by atoms with van der Waals surface area (Å²) in [6, 6.07) is 0. The maximum Gasteiger partial charge on any atom is 0.219 e. The van der Waals surface area contributed by atoms with E-state index in [1.165, 1.54) is 0 Å². The van der Waals surface area contributed by atoms with Crippen molar-refractivity contribution in [1.29, 1.82) is 0 Å². The Labute approximate surface area is 122 Å². The molecule has 1 aliphatic heterocycles. The first-order chi connectivity index (χ1) is 9.67. The molecule has 0 aromatic carbocycles. The summed E-state index contributed by atoms with van der Waals surface area (Å²) in [4.78, 5) is 20.0. The van der Waals surface area contributed by atoms with Gasteiger partial charge >= 0.3 is 0 Å². The van der Waals surface area contributed by atoms with Crippen LogP contribution >= 0.6 is 0 Å². The highest BCUT2D eigenvalue weighted by Gasteiger charge is 2.17. The number of rotatable bonds is 6. The lowest BCUT2D eigenvalue weighted by Crippen LogP contribution is -2.50. The lowest BCUT2D eigenvalue weighted by Gasteiger charge is -2.34. The average molecular weight is 283 g/mol. The second-order valence-corrected chi connectivity index (χ2v) is 5.04. The molecule has 1 heterocycles. The minimum atomic E-state index is 0.184. The van der Waals surface area contributed by atoms with Gasteiger partial charge in [0, 0.05) is 59.3 Å². The van der Waals surface area contributed by atoms with E-state index in [1.54, 1.807) is 6.92 Å². The van der Waals surface area contributed by atoms with Gasteiger partial charge in [-0.2, -0.15) is 0 Å². The number of amides is 1. The molecule has 2 N–H and O–H groups in total. The van der Waals surface area contributed by atoms with Gasteiger partial charge in [-0.3, -0.25) is 14.7 Å². The summed E-state index contributed by atoms with van der Waals surface area (Å²) >= 11 is 0. The van der Waals surface area contributed by atoms with E-state index >= 15 is 0 Å². The first kappa shape index (κ1) is 16.8. The van der Waals surface area contributed by atoms with Crippen LogP contribution < -0.4 is 10.6 Å². The molecule has 0 aliphatic carbocycles. The largest absolute Gasteiger partial charge is 0.357 e. The van der Waals surface area contributed by atoms with Crippen LogP contribution in [0.3, 0.4) is 0 Å². The molecule has 1 amide bonds. The molecule has 0 spiro atoms. The van der Waals surface area contributed by atoms with Gasteiger partial charge in [-0.15, -0.1) is 0 Å². The third kappa shape index (κ3) is 6.23. The van der Waals surface area contributed by atoms with Crippen LogP contribution in [0.1, 0.15) is 27.2 Å². The van der Waals surface area contributed by atoms with Gasteiger partial charge in [-0.1, -0.05) is 6.92 Å². The number of hydrogen-bond donors (Lipinski definition) is 2. The van der Waals surface area contributed by atoms with Crippen molar-refractivity contribution in [1.82, 2.24) is 20.4 Å². The van der Waals surface area contributed by atoms with Gasteiger partial charge in [0.15, 0.2) is 5.96 Å². The molecule has 0 aromatic rings. The van der Waals surface area contributed by atoms with Crippen molar-refractivity contribution in [3.05, 3.63) is 0 Å². The Morgan fingerprint density at radius 2 is 1.85 bits per heavy atom. The van der Waals surface area contributed by atoms with Gasteiger partial charge in [0.25, 0.3) is 0 Å². The van der Waals surface area contributed by atoms with E-state index in [2.05, 4.69) is 34.4 Å². The van der Waals surface area contributed by atoms with Crippen LogP contribution in [0.15, 0.2) is 4.99 Å². The zero-order chi connectivity index (χ0) is 14.8. The van der Waals surface area contributed by atoms with Crippen molar-refractivity contribution in [2.45, 2.75) is 27.2 Å². The zero-order valence-corrected chi connectivity index (χ0v) is 13.1. The van der Waals surface area contributed by atoms with Gasteiger partial charge < -0.3 is 15.5 Å². The molecule has 1 aliphatic rings. The Kier molecular flexibility index (Phi) is 8.02. The quantitative estimate of drug-likeness (QED) is 0.537. The summed E-state index contributed by atoms with van der Waals surface area (Å²) in [5.74, 6) is 1.08. The van der Waals surface area contributed by atoms with Crippen molar-refractivity contribution in [3.63, 3.8) is 0 Å². The molecule has 0 saturated carbocycles. The molecule has 0 unspecified atom stereocenters. The Bertz CT molecular complexity index is 311. The maximum absolute atomic E-state index is 11.3. The second-order valence-electron chi connectivity index (χ2n) is 5.04. The molecule has 116 valence electrons. The summed E-state index contributed by atoms with van der Waals surface area (Å²) in [7, 11) is 0. The molecule has 1 rings (SSSR count). The number of nitrogens with one attached hydrogen (secondary N) is 2. The summed E-state index contributed by atoms with van der Waals surface area (Å²) in [6.07, 6.45) is 1.06. The summed E-state index contributed by atoms with van der Waals surface area (Å²) in [5.41, 5.74) is 0. The normalized spacial score (nSPS) is 17.1. The highest BCUT2D eigenvalue weighted by atomic mass is 16.2. The number of nitrogens with zero attached hydrogens (tertiary/aromatic N) is 3. The lowest BCUT2D eigenvalue weighted by molar-refractivity contribution is -0.130.